The number of amides is 1. The van der Waals surface area contributed by atoms with Crippen LogP contribution in [0.15, 0.2) is 78.9 Å². The average Bonchev–Trinajstić information content (AvgIpc) is 2.82. The van der Waals surface area contributed by atoms with Crippen LogP contribution in [0.2, 0.25) is 0 Å². The second kappa shape index (κ2) is 10.9. The molecule has 0 saturated heterocycles. The zero-order valence-electron chi connectivity index (χ0n) is 20.3. The molecule has 3 aromatic rings. The van der Waals surface area contributed by atoms with Crippen molar-refractivity contribution in [1.82, 2.24) is 0 Å². The minimum absolute atomic E-state index is 0.472. The van der Waals surface area contributed by atoms with Gasteiger partial charge >= 0.3 is 12.1 Å². The summed E-state index contributed by atoms with van der Waals surface area (Å²) >= 11 is 0. The van der Waals surface area contributed by atoms with Gasteiger partial charge in [-0.3, -0.25) is 4.90 Å². The van der Waals surface area contributed by atoms with Gasteiger partial charge in [-0.15, -0.1) is 0 Å². The lowest BCUT2D eigenvalue weighted by atomic mass is 10.0. The lowest BCUT2D eigenvalue weighted by Gasteiger charge is -2.31. The molecule has 0 fully saturated rings. The van der Waals surface area contributed by atoms with Gasteiger partial charge in [0.1, 0.15) is 24.0 Å². The van der Waals surface area contributed by atoms with Crippen molar-refractivity contribution in [3.05, 3.63) is 84.4 Å². The molecule has 0 spiro atoms. The fourth-order valence-corrected chi connectivity index (χ4v) is 3.45. The molecule has 0 aliphatic carbocycles. The fraction of sp³-hybridized carbons (Fsp3) is 0.286. The molecule has 0 bridgehead atoms. The Labute approximate surface area is 201 Å². The summed E-state index contributed by atoms with van der Waals surface area (Å²) in [6.07, 6.45) is -0.624. The second-order valence-corrected chi connectivity index (χ2v) is 8.87. The van der Waals surface area contributed by atoms with Crippen molar-refractivity contribution in [2.24, 2.45) is 0 Å². The van der Waals surface area contributed by atoms with E-state index in [1.54, 1.807) is 33.8 Å². The van der Waals surface area contributed by atoms with Crippen LogP contribution < -0.4 is 9.64 Å². The Hall–Kier alpha value is -3.80. The zero-order valence-corrected chi connectivity index (χ0v) is 20.3. The maximum Gasteiger partial charge on any atom is 0.415 e. The smallest absolute Gasteiger partial charge is 0.415 e. The molecule has 178 valence electrons. The summed E-state index contributed by atoms with van der Waals surface area (Å²) in [6, 6.07) is 24.1. The van der Waals surface area contributed by atoms with E-state index in [0.29, 0.717) is 12.3 Å². The third-order valence-corrected chi connectivity index (χ3v) is 5.10. The SMILES string of the molecule is COC(=O)[C@H](C)N(C(=O)OC(C)(C)C)c1ccccc1-c1ccc(OCc2ccccc2)cc1. The normalized spacial score (nSPS) is 11.9. The number of carbonyl (C=O) groups excluding carboxylic acids is 2. The molecule has 0 heterocycles. The van der Waals surface area contributed by atoms with E-state index in [1.165, 1.54) is 12.0 Å². The Kier molecular flexibility index (Phi) is 7.95. The molecule has 0 saturated carbocycles. The molecule has 0 aliphatic rings. The predicted molar refractivity (Wildman–Crippen MR) is 133 cm³/mol. The molecule has 3 rings (SSSR count). The van der Waals surface area contributed by atoms with Crippen LogP contribution in [0.5, 0.6) is 5.75 Å². The molecule has 0 aromatic heterocycles. The highest BCUT2D eigenvalue weighted by Gasteiger charge is 2.33. The number of para-hydroxylation sites is 1. The van der Waals surface area contributed by atoms with Gasteiger partial charge in [0.25, 0.3) is 0 Å². The van der Waals surface area contributed by atoms with Gasteiger partial charge in [-0.2, -0.15) is 0 Å². The van der Waals surface area contributed by atoms with Crippen LogP contribution in [0.3, 0.4) is 0 Å². The first kappa shape index (κ1) is 24.8. The van der Waals surface area contributed by atoms with Crippen molar-refractivity contribution in [3.8, 4) is 16.9 Å². The molecule has 3 aromatic carbocycles. The van der Waals surface area contributed by atoms with Crippen LogP contribution in [0.1, 0.15) is 33.3 Å². The summed E-state index contributed by atoms with van der Waals surface area (Å²) in [7, 11) is 1.30. The maximum absolute atomic E-state index is 13.2. The minimum Gasteiger partial charge on any atom is -0.489 e. The molecule has 6 nitrogen and oxygen atoms in total. The topological polar surface area (TPSA) is 65.1 Å². The molecule has 0 radical (unpaired) electrons. The molecule has 1 amide bonds. The van der Waals surface area contributed by atoms with Gasteiger partial charge in [0.2, 0.25) is 0 Å². The van der Waals surface area contributed by atoms with E-state index in [-0.39, 0.29) is 0 Å². The van der Waals surface area contributed by atoms with Gasteiger partial charge in [0, 0.05) is 5.56 Å². The summed E-state index contributed by atoms with van der Waals surface area (Å²) < 4.78 is 16.4. The summed E-state index contributed by atoms with van der Waals surface area (Å²) in [4.78, 5) is 26.9. The highest BCUT2D eigenvalue weighted by molar-refractivity contribution is 5.99. The number of methoxy groups -OCH3 is 1. The number of esters is 1. The molecule has 6 heteroatoms. The number of hydrogen-bond acceptors (Lipinski definition) is 5. The second-order valence-electron chi connectivity index (χ2n) is 8.87. The van der Waals surface area contributed by atoms with Crippen molar-refractivity contribution < 1.29 is 23.8 Å². The Morgan fingerprint density at radius 2 is 1.50 bits per heavy atom. The van der Waals surface area contributed by atoms with Crippen LogP contribution in [0.25, 0.3) is 11.1 Å². The molecule has 0 unspecified atom stereocenters. The van der Waals surface area contributed by atoms with E-state index in [1.807, 2.05) is 72.8 Å². The lowest BCUT2D eigenvalue weighted by Crippen LogP contribution is -2.46. The van der Waals surface area contributed by atoms with Gasteiger partial charge in [-0.25, -0.2) is 9.59 Å². The molecule has 34 heavy (non-hydrogen) atoms. The minimum atomic E-state index is -0.880. The first-order chi connectivity index (χ1) is 16.2. The summed E-state index contributed by atoms with van der Waals surface area (Å²) in [5.41, 5.74) is 2.55. The van der Waals surface area contributed by atoms with E-state index in [2.05, 4.69) is 0 Å². The van der Waals surface area contributed by atoms with Crippen LogP contribution in [0, 0.1) is 0 Å². The van der Waals surface area contributed by atoms with Crippen molar-refractivity contribution in [2.75, 3.05) is 12.0 Å². The van der Waals surface area contributed by atoms with Crippen molar-refractivity contribution in [3.63, 3.8) is 0 Å². The van der Waals surface area contributed by atoms with Crippen LogP contribution in [0.4, 0.5) is 10.5 Å². The van der Waals surface area contributed by atoms with Crippen LogP contribution >= 0.6 is 0 Å². The number of ether oxygens (including phenoxy) is 3. The molecular formula is C28H31NO5. The van der Waals surface area contributed by atoms with Crippen LogP contribution in [-0.2, 0) is 20.9 Å². The predicted octanol–water partition coefficient (Wildman–Crippen LogP) is 6.24. The van der Waals surface area contributed by atoms with Gasteiger partial charge < -0.3 is 14.2 Å². The zero-order chi connectivity index (χ0) is 24.7. The maximum atomic E-state index is 13.2. The standard InChI is InChI=1S/C28H31NO5/c1-20(26(30)32-5)29(27(31)34-28(2,3)4)25-14-10-9-13-24(25)22-15-17-23(18-16-22)33-19-21-11-7-6-8-12-21/h6-18,20H,19H2,1-5H3/t20-/m0/s1. The number of carbonyl (C=O) groups is 2. The molecular weight excluding hydrogens is 430 g/mol. The van der Waals surface area contributed by atoms with E-state index in [9.17, 15) is 9.59 Å². The van der Waals surface area contributed by atoms with Crippen LogP contribution in [-0.4, -0.2) is 30.8 Å². The number of anilines is 1. The highest BCUT2D eigenvalue weighted by atomic mass is 16.6. The molecule has 0 N–H and O–H groups in total. The van der Waals surface area contributed by atoms with E-state index in [4.69, 9.17) is 14.2 Å². The van der Waals surface area contributed by atoms with E-state index < -0.39 is 23.7 Å². The lowest BCUT2D eigenvalue weighted by molar-refractivity contribution is -0.141. The fourth-order valence-electron chi connectivity index (χ4n) is 3.45. The summed E-state index contributed by atoms with van der Waals surface area (Å²) in [6.45, 7) is 7.44. The largest absolute Gasteiger partial charge is 0.489 e. The molecule has 0 aliphatic heterocycles. The van der Waals surface area contributed by atoms with Gasteiger partial charge in [-0.05, 0) is 57.0 Å². The van der Waals surface area contributed by atoms with E-state index in [0.717, 1.165) is 22.4 Å². The number of rotatable bonds is 7. The number of hydrogen-bond donors (Lipinski definition) is 0. The Balaban J connectivity index is 1.91. The first-order valence-corrected chi connectivity index (χ1v) is 11.2. The monoisotopic (exact) mass is 461 g/mol. The molecule has 1 atom stereocenters. The van der Waals surface area contributed by atoms with Gasteiger partial charge in [0.05, 0.1) is 12.8 Å². The number of benzene rings is 3. The third kappa shape index (κ3) is 6.38. The first-order valence-electron chi connectivity index (χ1n) is 11.2. The Bertz CT molecular complexity index is 1100. The Morgan fingerprint density at radius 3 is 2.12 bits per heavy atom. The Morgan fingerprint density at radius 1 is 0.882 bits per heavy atom. The average molecular weight is 462 g/mol. The highest BCUT2D eigenvalue weighted by Crippen LogP contribution is 2.34. The quantitative estimate of drug-likeness (QED) is 0.390. The number of nitrogens with zero attached hydrogens (tertiary/aromatic N) is 1. The van der Waals surface area contributed by atoms with Crippen molar-refractivity contribution in [1.29, 1.82) is 0 Å². The summed E-state index contributed by atoms with van der Waals surface area (Å²) in [5.74, 6) is 0.197. The van der Waals surface area contributed by atoms with Crippen molar-refractivity contribution >= 4 is 17.7 Å². The van der Waals surface area contributed by atoms with E-state index >= 15 is 0 Å². The van der Waals surface area contributed by atoms with Gasteiger partial charge in [0.15, 0.2) is 0 Å². The third-order valence-electron chi connectivity index (χ3n) is 5.10. The van der Waals surface area contributed by atoms with Gasteiger partial charge in [-0.1, -0.05) is 60.7 Å². The van der Waals surface area contributed by atoms with Crippen molar-refractivity contribution in [2.45, 2.75) is 45.9 Å². The summed E-state index contributed by atoms with van der Waals surface area (Å²) in [5, 5.41) is 0.